The normalized spacial score (nSPS) is 14.7. The third-order valence-corrected chi connectivity index (χ3v) is 9.80. The second kappa shape index (κ2) is 9.87. The predicted molar refractivity (Wildman–Crippen MR) is 156 cm³/mol. The van der Waals surface area contributed by atoms with Crippen LogP contribution in [0.15, 0.2) is 60.8 Å². The van der Waals surface area contributed by atoms with Gasteiger partial charge >= 0.3 is 12.1 Å². The first-order valence-electron chi connectivity index (χ1n) is 12.8. The Balaban J connectivity index is 1.24. The summed E-state index contributed by atoms with van der Waals surface area (Å²) >= 11 is 3.00. The van der Waals surface area contributed by atoms with Gasteiger partial charge in [0.05, 0.1) is 17.2 Å². The molecule has 2 aromatic carbocycles. The third kappa shape index (κ3) is 4.56. The number of nitrogens with zero attached hydrogens (tertiary/aromatic N) is 2. The molecule has 6 rings (SSSR count). The summed E-state index contributed by atoms with van der Waals surface area (Å²) in [6.07, 6.45) is 1.78. The maximum atomic E-state index is 15.2. The molecule has 1 aliphatic carbocycles. The summed E-state index contributed by atoms with van der Waals surface area (Å²) in [6.45, 7) is 3.66. The van der Waals surface area contributed by atoms with Gasteiger partial charge in [0.25, 0.3) is 0 Å². The lowest BCUT2D eigenvalue weighted by atomic mass is 9.90. The Morgan fingerprint density at radius 3 is 2.35 bits per heavy atom. The molecule has 3 aromatic heterocycles. The Hall–Kier alpha value is -4.02. The fourth-order valence-electron chi connectivity index (χ4n) is 5.06. The van der Waals surface area contributed by atoms with Gasteiger partial charge in [0.1, 0.15) is 17.7 Å². The molecule has 204 valence electrons. The number of amides is 1. The molecule has 1 saturated carbocycles. The van der Waals surface area contributed by atoms with Crippen molar-refractivity contribution in [3.05, 3.63) is 83.3 Å². The molecule has 1 amide bonds. The van der Waals surface area contributed by atoms with Crippen molar-refractivity contribution < 1.29 is 23.8 Å². The van der Waals surface area contributed by atoms with Crippen LogP contribution in [0.3, 0.4) is 0 Å². The molecule has 0 aliphatic heterocycles. The second-order valence-electron chi connectivity index (χ2n) is 10.1. The number of anilines is 1. The zero-order valence-corrected chi connectivity index (χ0v) is 23.7. The first-order valence-corrected chi connectivity index (χ1v) is 14.4. The number of carboxylic acids is 1. The Bertz CT molecular complexity index is 1740. The molecule has 0 radical (unpaired) electrons. The largest absolute Gasteiger partial charge is 0.481 e. The summed E-state index contributed by atoms with van der Waals surface area (Å²) in [5, 5.41) is 16.8. The highest BCUT2D eigenvalue weighted by Gasteiger charge is 2.52. The van der Waals surface area contributed by atoms with Crippen LogP contribution in [-0.2, 0) is 22.0 Å². The van der Waals surface area contributed by atoms with Crippen molar-refractivity contribution in [2.45, 2.75) is 38.2 Å². The van der Waals surface area contributed by atoms with E-state index in [2.05, 4.69) is 10.4 Å². The molecule has 7 nitrogen and oxygen atoms in total. The molecule has 40 heavy (non-hydrogen) atoms. The molecule has 1 unspecified atom stereocenters. The van der Waals surface area contributed by atoms with E-state index in [-0.39, 0.29) is 0 Å². The summed E-state index contributed by atoms with van der Waals surface area (Å²) in [5.74, 6) is -0.788. The van der Waals surface area contributed by atoms with E-state index in [1.807, 2.05) is 56.3 Å². The molecule has 1 atom stereocenters. The van der Waals surface area contributed by atoms with Gasteiger partial charge in [-0.2, -0.15) is 5.10 Å². The molecule has 2 N–H and O–H groups in total. The number of carboxylic acid groups (broad SMARTS) is 1. The highest BCUT2D eigenvalue weighted by molar-refractivity contribution is 7.31. The fraction of sp³-hybridized carbons (Fsp3) is 0.233. The van der Waals surface area contributed by atoms with Gasteiger partial charge in [0.2, 0.25) is 0 Å². The number of aryl methyl sites for hydroxylation is 2. The first-order chi connectivity index (χ1) is 19.2. The van der Waals surface area contributed by atoms with E-state index >= 15 is 4.39 Å². The lowest BCUT2D eigenvalue weighted by Crippen LogP contribution is -2.21. The molecule has 5 aromatic rings. The van der Waals surface area contributed by atoms with Crippen LogP contribution in [-0.4, -0.2) is 26.9 Å². The van der Waals surface area contributed by atoms with Crippen LogP contribution < -0.4 is 5.32 Å². The van der Waals surface area contributed by atoms with Crippen LogP contribution >= 0.6 is 22.7 Å². The van der Waals surface area contributed by atoms with E-state index in [1.54, 1.807) is 24.0 Å². The lowest BCUT2D eigenvalue weighted by Gasteiger charge is -2.15. The van der Waals surface area contributed by atoms with Gasteiger partial charge in [-0.05, 0) is 67.6 Å². The number of fused-ring (bicyclic) bond motifs is 1. The average molecular weight is 576 g/mol. The van der Waals surface area contributed by atoms with E-state index < -0.39 is 29.4 Å². The minimum atomic E-state index is -0.949. The minimum absolute atomic E-state index is 0.413. The summed E-state index contributed by atoms with van der Waals surface area (Å²) < 4.78 is 24.4. The van der Waals surface area contributed by atoms with Crippen LogP contribution in [0.5, 0.6) is 0 Å². The van der Waals surface area contributed by atoms with Gasteiger partial charge in [-0.3, -0.25) is 14.8 Å². The van der Waals surface area contributed by atoms with Crippen LogP contribution in [0, 0.1) is 12.7 Å². The van der Waals surface area contributed by atoms with Gasteiger partial charge in [0, 0.05) is 31.8 Å². The number of hydrogen-bond acceptors (Lipinski definition) is 6. The van der Waals surface area contributed by atoms with Gasteiger partial charge in [0.15, 0.2) is 0 Å². The van der Waals surface area contributed by atoms with E-state index in [1.165, 1.54) is 28.7 Å². The number of ether oxygens (including phenoxy) is 1. The number of rotatable bonds is 7. The third-order valence-electron chi connectivity index (χ3n) is 7.44. The Morgan fingerprint density at radius 1 is 1.07 bits per heavy atom. The number of aromatic nitrogens is 2. The van der Waals surface area contributed by atoms with Gasteiger partial charge in [-0.1, -0.05) is 30.3 Å². The van der Waals surface area contributed by atoms with Crippen molar-refractivity contribution in [1.29, 1.82) is 0 Å². The summed E-state index contributed by atoms with van der Waals surface area (Å²) in [6, 6.07) is 16.6. The van der Waals surface area contributed by atoms with E-state index in [4.69, 9.17) is 4.74 Å². The summed E-state index contributed by atoms with van der Waals surface area (Å²) in [5.41, 5.74) is 2.53. The predicted octanol–water partition coefficient (Wildman–Crippen LogP) is 7.90. The lowest BCUT2D eigenvalue weighted by molar-refractivity contribution is -0.140. The highest BCUT2D eigenvalue weighted by atomic mass is 32.1. The zero-order chi connectivity index (χ0) is 28.2. The van der Waals surface area contributed by atoms with Gasteiger partial charge < -0.3 is 9.84 Å². The molecule has 1 fully saturated rings. The molecule has 0 spiro atoms. The maximum Gasteiger partial charge on any atom is 0.413 e. The molecule has 3 heterocycles. The monoisotopic (exact) mass is 575 g/mol. The van der Waals surface area contributed by atoms with E-state index in [0.717, 1.165) is 35.8 Å². The number of thiophene rings is 2. The number of nitrogens with one attached hydrogen (secondary N) is 1. The quantitative estimate of drug-likeness (QED) is 0.206. The van der Waals surface area contributed by atoms with Crippen molar-refractivity contribution in [2.24, 2.45) is 7.05 Å². The van der Waals surface area contributed by atoms with Crippen molar-refractivity contribution in [1.82, 2.24) is 9.78 Å². The van der Waals surface area contributed by atoms with Crippen LogP contribution in [0.2, 0.25) is 0 Å². The van der Waals surface area contributed by atoms with E-state index in [9.17, 15) is 14.7 Å². The topological polar surface area (TPSA) is 93.5 Å². The minimum Gasteiger partial charge on any atom is -0.481 e. The molecule has 10 heteroatoms. The summed E-state index contributed by atoms with van der Waals surface area (Å²) in [7, 11) is 1.75. The molecule has 0 bridgehead atoms. The molecule has 1 aliphatic rings. The molecule has 0 saturated heterocycles. The van der Waals surface area contributed by atoms with Gasteiger partial charge in [-0.15, -0.1) is 22.7 Å². The summed E-state index contributed by atoms with van der Waals surface area (Å²) in [4.78, 5) is 26.2. The molecular weight excluding hydrogens is 549 g/mol. The number of hydrogen-bond donors (Lipinski definition) is 2. The van der Waals surface area contributed by atoms with Crippen LogP contribution in [0.25, 0.3) is 30.3 Å². The first kappa shape index (κ1) is 26.2. The van der Waals surface area contributed by atoms with Crippen molar-refractivity contribution in [2.75, 3.05) is 5.32 Å². The zero-order valence-electron chi connectivity index (χ0n) is 22.0. The number of carbonyl (C=O) groups is 2. The van der Waals surface area contributed by atoms with Gasteiger partial charge in [-0.25, -0.2) is 9.18 Å². The SMILES string of the molecule is Cc1cc(-c2cc3sc(-c4cnn(C)c4NC(=O)OC(C)c4ccccc4)cc3s2)c(F)cc1C1(C(=O)O)CC1. The second-order valence-corrected chi connectivity index (χ2v) is 12.3. The smallest absolute Gasteiger partial charge is 0.413 e. The van der Waals surface area contributed by atoms with E-state index in [0.29, 0.717) is 29.8 Å². The highest BCUT2D eigenvalue weighted by Crippen LogP contribution is 2.51. The number of carbonyl (C=O) groups excluding carboxylic acids is 1. The number of benzene rings is 2. The van der Waals surface area contributed by atoms with Crippen molar-refractivity contribution >= 4 is 50.0 Å². The number of halogens is 1. The maximum absolute atomic E-state index is 15.2. The van der Waals surface area contributed by atoms with Crippen LogP contribution in [0.1, 0.15) is 42.6 Å². The number of aliphatic carboxylic acids is 1. The Labute approximate surface area is 237 Å². The van der Waals surface area contributed by atoms with Crippen molar-refractivity contribution in [3.63, 3.8) is 0 Å². The van der Waals surface area contributed by atoms with Crippen LogP contribution in [0.4, 0.5) is 15.0 Å². The van der Waals surface area contributed by atoms with Crippen molar-refractivity contribution in [3.8, 4) is 20.9 Å². The Morgan fingerprint density at radius 2 is 1.73 bits per heavy atom. The standard InChI is InChI=1S/C30H26FN3O4S2/c1-16-11-19(22(31)12-21(16)30(9-10-30)28(35)36)23-13-25-26(39-23)14-24(40-25)20-15-32-34(3)27(20)33-29(37)38-17(2)18-7-5-4-6-8-18/h4-8,11-15,17H,9-10H2,1-3H3,(H,33,37)(H,35,36). The molecular formula is C30H26FN3O4S2. The average Bonchev–Trinajstić information content (AvgIpc) is 3.34. The fourth-order valence-corrected chi connectivity index (χ4v) is 7.48. The Kier molecular flexibility index (Phi) is 6.47.